The van der Waals surface area contributed by atoms with Crippen LogP contribution in [-0.2, 0) is 4.74 Å². The Morgan fingerprint density at radius 1 is 1.41 bits per heavy atom. The molecule has 1 rings (SSSR count). The lowest BCUT2D eigenvalue weighted by molar-refractivity contribution is 0.233. The van der Waals surface area contributed by atoms with Crippen molar-refractivity contribution in [3.05, 3.63) is 34.9 Å². The predicted molar refractivity (Wildman–Crippen MR) is 75.1 cm³/mol. The highest BCUT2D eigenvalue weighted by Crippen LogP contribution is 2.40. The van der Waals surface area contributed by atoms with E-state index in [1.165, 1.54) is 30.4 Å². The zero-order valence-electron chi connectivity index (χ0n) is 12.0. The minimum atomic E-state index is 0.334. The Hall–Kier alpha value is -0.820. The van der Waals surface area contributed by atoms with E-state index in [4.69, 9.17) is 4.74 Å². The van der Waals surface area contributed by atoms with E-state index in [0.717, 1.165) is 0 Å². The molecule has 0 radical (unpaired) electrons. The third-order valence-corrected chi connectivity index (χ3v) is 3.63. The molecule has 0 bridgehead atoms. The Morgan fingerprint density at radius 2 is 2.12 bits per heavy atom. The molecule has 0 fully saturated rings. The molecule has 1 nitrogen and oxygen atoms in total. The molecule has 96 valence electrons. The Bertz CT molecular complexity index is 343. The highest BCUT2D eigenvalue weighted by Gasteiger charge is 2.26. The number of hydrogen-bond donors (Lipinski definition) is 0. The lowest BCUT2D eigenvalue weighted by atomic mass is 9.72. The fourth-order valence-corrected chi connectivity index (χ4v) is 2.51. The standard InChI is InChI=1S/C16H26O/c1-13(10-12-17-5)8-9-15-14(2)7-6-11-16(15,3)4/h8-10H,6-7,11-12H2,1-5H3/b9-8+,13-10-. The third kappa shape index (κ3) is 4.16. The van der Waals surface area contributed by atoms with Crippen LogP contribution in [0.25, 0.3) is 0 Å². The van der Waals surface area contributed by atoms with Crippen molar-refractivity contribution >= 4 is 0 Å². The summed E-state index contributed by atoms with van der Waals surface area (Å²) in [5, 5.41) is 0. The number of methoxy groups -OCH3 is 1. The van der Waals surface area contributed by atoms with Crippen molar-refractivity contribution in [1.82, 2.24) is 0 Å². The molecule has 0 atom stereocenters. The topological polar surface area (TPSA) is 9.23 Å². The Morgan fingerprint density at radius 3 is 2.71 bits per heavy atom. The van der Waals surface area contributed by atoms with Gasteiger partial charge in [0.15, 0.2) is 0 Å². The maximum Gasteiger partial charge on any atom is 0.0649 e. The highest BCUT2D eigenvalue weighted by atomic mass is 16.5. The van der Waals surface area contributed by atoms with Crippen LogP contribution in [0.15, 0.2) is 34.9 Å². The van der Waals surface area contributed by atoms with Gasteiger partial charge >= 0.3 is 0 Å². The zero-order valence-corrected chi connectivity index (χ0v) is 12.0. The number of ether oxygens (including phenoxy) is 1. The van der Waals surface area contributed by atoms with Gasteiger partial charge in [-0.15, -0.1) is 0 Å². The quantitative estimate of drug-likeness (QED) is 0.643. The minimum absolute atomic E-state index is 0.334. The van der Waals surface area contributed by atoms with E-state index in [0.29, 0.717) is 12.0 Å². The van der Waals surface area contributed by atoms with E-state index in [9.17, 15) is 0 Å². The van der Waals surface area contributed by atoms with Gasteiger partial charge in [0.2, 0.25) is 0 Å². The molecule has 0 aromatic carbocycles. The van der Waals surface area contributed by atoms with Crippen LogP contribution in [0.5, 0.6) is 0 Å². The smallest absolute Gasteiger partial charge is 0.0649 e. The second kappa shape index (κ2) is 6.20. The van der Waals surface area contributed by atoms with Gasteiger partial charge in [-0.2, -0.15) is 0 Å². The Balaban J connectivity index is 2.82. The van der Waals surface area contributed by atoms with Crippen molar-refractivity contribution in [2.75, 3.05) is 13.7 Å². The molecule has 17 heavy (non-hydrogen) atoms. The van der Waals surface area contributed by atoms with Gasteiger partial charge in [-0.05, 0) is 44.1 Å². The summed E-state index contributed by atoms with van der Waals surface area (Å²) in [5.41, 5.74) is 4.68. The van der Waals surface area contributed by atoms with Crippen molar-refractivity contribution in [3.63, 3.8) is 0 Å². The van der Waals surface area contributed by atoms with Crippen LogP contribution in [-0.4, -0.2) is 13.7 Å². The van der Waals surface area contributed by atoms with E-state index in [2.05, 4.69) is 45.9 Å². The van der Waals surface area contributed by atoms with Crippen molar-refractivity contribution < 1.29 is 4.74 Å². The summed E-state index contributed by atoms with van der Waals surface area (Å²) < 4.78 is 5.04. The van der Waals surface area contributed by atoms with Crippen molar-refractivity contribution in [1.29, 1.82) is 0 Å². The lowest BCUT2D eigenvalue weighted by Gasteiger charge is -2.32. The number of allylic oxidation sites excluding steroid dienone is 5. The molecular weight excluding hydrogens is 208 g/mol. The molecule has 0 spiro atoms. The van der Waals surface area contributed by atoms with Crippen LogP contribution in [0.4, 0.5) is 0 Å². The Labute approximate surface area is 106 Å². The fourth-order valence-electron chi connectivity index (χ4n) is 2.51. The summed E-state index contributed by atoms with van der Waals surface area (Å²) >= 11 is 0. The van der Waals surface area contributed by atoms with Gasteiger partial charge in [-0.25, -0.2) is 0 Å². The van der Waals surface area contributed by atoms with E-state index in [1.54, 1.807) is 12.7 Å². The SMILES string of the molecule is COC/C=C(C)\C=C\C1=C(C)CCCC1(C)C. The first-order valence-electron chi connectivity index (χ1n) is 6.51. The average molecular weight is 234 g/mol. The summed E-state index contributed by atoms with van der Waals surface area (Å²) in [6.45, 7) is 9.79. The molecule has 0 heterocycles. The van der Waals surface area contributed by atoms with Gasteiger partial charge in [-0.1, -0.05) is 43.2 Å². The van der Waals surface area contributed by atoms with Crippen LogP contribution in [0.1, 0.15) is 47.0 Å². The maximum atomic E-state index is 5.04. The minimum Gasteiger partial charge on any atom is -0.381 e. The zero-order chi connectivity index (χ0) is 12.9. The molecule has 1 aliphatic carbocycles. The maximum absolute atomic E-state index is 5.04. The van der Waals surface area contributed by atoms with Crippen molar-refractivity contribution in [2.24, 2.45) is 5.41 Å². The van der Waals surface area contributed by atoms with Gasteiger partial charge < -0.3 is 4.74 Å². The fraction of sp³-hybridized carbons (Fsp3) is 0.625. The van der Waals surface area contributed by atoms with Gasteiger partial charge in [0.1, 0.15) is 0 Å². The average Bonchev–Trinajstić information content (AvgIpc) is 2.24. The molecule has 0 aromatic rings. The third-order valence-electron chi connectivity index (χ3n) is 3.63. The largest absolute Gasteiger partial charge is 0.381 e. The summed E-state index contributed by atoms with van der Waals surface area (Å²) in [6.07, 6.45) is 10.5. The highest BCUT2D eigenvalue weighted by molar-refractivity contribution is 5.35. The van der Waals surface area contributed by atoms with Gasteiger partial charge in [0, 0.05) is 7.11 Å². The van der Waals surface area contributed by atoms with Crippen molar-refractivity contribution in [3.8, 4) is 0 Å². The summed E-state index contributed by atoms with van der Waals surface area (Å²) in [7, 11) is 1.73. The molecule has 1 aliphatic rings. The van der Waals surface area contributed by atoms with Crippen LogP contribution in [0.3, 0.4) is 0 Å². The van der Waals surface area contributed by atoms with E-state index >= 15 is 0 Å². The second-order valence-electron chi connectivity index (χ2n) is 5.67. The molecule has 0 N–H and O–H groups in total. The first-order valence-corrected chi connectivity index (χ1v) is 6.51. The van der Waals surface area contributed by atoms with Crippen LogP contribution in [0, 0.1) is 5.41 Å². The first kappa shape index (κ1) is 14.2. The normalized spacial score (nSPS) is 21.4. The molecule has 0 unspecified atom stereocenters. The van der Waals surface area contributed by atoms with Crippen molar-refractivity contribution in [2.45, 2.75) is 47.0 Å². The molecule has 0 saturated heterocycles. The number of rotatable bonds is 4. The molecule has 0 aromatic heterocycles. The van der Waals surface area contributed by atoms with Crippen LogP contribution >= 0.6 is 0 Å². The van der Waals surface area contributed by atoms with Crippen LogP contribution < -0.4 is 0 Å². The monoisotopic (exact) mass is 234 g/mol. The van der Waals surface area contributed by atoms with Gasteiger partial charge in [0.25, 0.3) is 0 Å². The lowest BCUT2D eigenvalue weighted by Crippen LogP contribution is -2.19. The molecule has 1 heteroatoms. The van der Waals surface area contributed by atoms with E-state index in [1.807, 2.05) is 0 Å². The van der Waals surface area contributed by atoms with Crippen LogP contribution in [0.2, 0.25) is 0 Å². The summed E-state index contributed by atoms with van der Waals surface area (Å²) in [4.78, 5) is 0. The second-order valence-corrected chi connectivity index (χ2v) is 5.67. The molecule has 0 amide bonds. The van der Waals surface area contributed by atoms with E-state index < -0.39 is 0 Å². The molecule has 0 aliphatic heterocycles. The van der Waals surface area contributed by atoms with E-state index in [-0.39, 0.29) is 0 Å². The molecular formula is C16H26O. The number of hydrogen-bond acceptors (Lipinski definition) is 1. The Kier molecular flexibility index (Phi) is 5.20. The predicted octanol–water partition coefficient (Wildman–Crippen LogP) is 4.66. The van der Waals surface area contributed by atoms with Gasteiger partial charge in [0.05, 0.1) is 6.61 Å². The molecule has 0 saturated carbocycles. The summed E-state index contributed by atoms with van der Waals surface area (Å²) in [5.74, 6) is 0. The first-order chi connectivity index (χ1) is 7.97. The van der Waals surface area contributed by atoms with Gasteiger partial charge in [-0.3, -0.25) is 0 Å². The summed E-state index contributed by atoms with van der Waals surface area (Å²) in [6, 6.07) is 0.